The van der Waals surface area contributed by atoms with E-state index in [1.807, 2.05) is 41.1 Å². The van der Waals surface area contributed by atoms with Crippen LogP contribution in [-0.4, -0.2) is 95.1 Å². The Labute approximate surface area is 329 Å². The second kappa shape index (κ2) is 16.5. The molecule has 0 unspecified atom stereocenters. The van der Waals surface area contributed by atoms with E-state index in [-0.39, 0.29) is 36.4 Å². The lowest BCUT2D eigenvalue weighted by Crippen LogP contribution is -2.49. The van der Waals surface area contributed by atoms with Gasteiger partial charge in [-0.25, -0.2) is 9.18 Å². The Hall–Kier alpha value is -5.26. The molecule has 13 nitrogen and oxygen atoms in total. The fourth-order valence-corrected chi connectivity index (χ4v) is 8.90. The Morgan fingerprint density at radius 1 is 0.982 bits per heavy atom. The zero-order valence-corrected chi connectivity index (χ0v) is 31.8. The number of likely N-dealkylation sites (tertiary alicyclic amines) is 1. The summed E-state index contributed by atoms with van der Waals surface area (Å²) in [5.74, 6) is 1.33. The van der Waals surface area contributed by atoms with Gasteiger partial charge in [0.2, 0.25) is 5.91 Å². The number of ether oxygens (including phenoxy) is 1. The molecule has 3 saturated heterocycles. The molecule has 0 bridgehead atoms. The minimum absolute atomic E-state index is 0.0171. The molecule has 2 aromatic heterocycles. The van der Waals surface area contributed by atoms with E-state index in [1.54, 1.807) is 29.2 Å². The number of imide groups is 1. The first-order chi connectivity index (χ1) is 27.2. The molecule has 2 aromatic carbocycles. The summed E-state index contributed by atoms with van der Waals surface area (Å²) in [6.45, 7) is 3.99. The molecule has 15 heteroatoms. The summed E-state index contributed by atoms with van der Waals surface area (Å²) in [4.78, 5) is 43.3. The molecule has 56 heavy (non-hydrogen) atoms. The van der Waals surface area contributed by atoms with E-state index >= 15 is 4.39 Å². The number of benzene rings is 2. The molecule has 292 valence electrons. The van der Waals surface area contributed by atoms with Gasteiger partial charge in [-0.15, -0.1) is 10.2 Å². The second-order valence-corrected chi connectivity index (χ2v) is 15.8. The quantitative estimate of drug-likeness (QED) is 0.208. The van der Waals surface area contributed by atoms with E-state index in [9.17, 15) is 14.4 Å². The van der Waals surface area contributed by atoms with E-state index < -0.39 is 12.2 Å². The lowest BCUT2D eigenvalue weighted by Gasteiger charge is -2.39. The molecule has 8 rings (SSSR count). The van der Waals surface area contributed by atoms with Crippen LogP contribution < -0.4 is 25.2 Å². The van der Waals surface area contributed by atoms with E-state index in [0.29, 0.717) is 47.5 Å². The van der Waals surface area contributed by atoms with Gasteiger partial charge in [-0.2, -0.15) is 5.26 Å². The van der Waals surface area contributed by atoms with Gasteiger partial charge in [-0.3, -0.25) is 19.8 Å². The Balaban J connectivity index is 0.774. The van der Waals surface area contributed by atoms with Crippen molar-refractivity contribution in [3.8, 4) is 11.8 Å². The predicted molar refractivity (Wildman–Crippen MR) is 210 cm³/mol. The highest BCUT2D eigenvalue weighted by molar-refractivity contribution is 6.31. The highest BCUT2D eigenvalue weighted by Crippen LogP contribution is 2.35. The molecule has 0 radical (unpaired) electrons. The van der Waals surface area contributed by atoms with Crippen molar-refractivity contribution in [1.29, 1.82) is 5.26 Å². The molecule has 4 amide bonds. The molecule has 2 N–H and O–H groups in total. The summed E-state index contributed by atoms with van der Waals surface area (Å²) >= 11 is 6.14. The summed E-state index contributed by atoms with van der Waals surface area (Å²) in [7, 11) is 0. The van der Waals surface area contributed by atoms with Crippen LogP contribution in [0.15, 0.2) is 60.8 Å². The van der Waals surface area contributed by atoms with Crippen molar-refractivity contribution in [3.05, 3.63) is 77.1 Å². The molecule has 4 aromatic rings. The number of halogens is 2. The Morgan fingerprint density at radius 2 is 1.80 bits per heavy atom. The van der Waals surface area contributed by atoms with Gasteiger partial charge in [0.15, 0.2) is 11.5 Å². The average molecular weight is 782 g/mol. The standard InChI is InChI=1S/C41H45ClFN9O4/c42-32-22-30(7-4-27(32)23-44)56-29-8-5-28(6-9-29)45-40(54)34-10-11-38(48-47-34)50-18-12-26(13-19-50)24-49-17-15-37(33(43)25-49)51-20-14-31-35(51)2-1-3-36(31)52-21-16-39(53)46-41(52)55/h1-4,7,10-11,14,20,22,26,28-29,33,37H,5-6,8-9,12-13,15-19,21,24-25H2,(H,45,54)(H,46,53,55)/t28-,29-,33-,37+/m0/s1. The minimum atomic E-state index is -1.03. The number of hydrogen-bond acceptors (Lipinski definition) is 9. The highest BCUT2D eigenvalue weighted by Gasteiger charge is 2.34. The van der Waals surface area contributed by atoms with Gasteiger partial charge >= 0.3 is 6.03 Å². The van der Waals surface area contributed by atoms with Crippen LogP contribution in [0.1, 0.15) is 73.5 Å². The molecule has 3 aliphatic heterocycles. The summed E-state index contributed by atoms with van der Waals surface area (Å²) in [6.07, 6.45) is 6.91. The summed E-state index contributed by atoms with van der Waals surface area (Å²) in [5, 5.41) is 24.5. The van der Waals surface area contributed by atoms with E-state index in [1.165, 1.54) is 0 Å². The summed E-state index contributed by atoms with van der Waals surface area (Å²) in [6, 6.07) is 17.7. The first-order valence-corrected chi connectivity index (χ1v) is 19.9. The SMILES string of the molecule is N#Cc1ccc(O[C@H]2CC[C@H](NC(=O)c3ccc(N4CCC(CN5CC[C@@H](n6ccc7c(N8CCC(=O)NC8=O)cccc76)[C@@H](F)C5)CC4)nn3)CC2)cc1Cl. The third-order valence-electron chi connectivity index (χ3n) is 11.7. The van der Waals surface area contributed by atoms with Crippen LogP contribution in [0.5, 0.6) is 5.75 Å². The van der Waals surface area contributed by atoms with Crippen LogP contribution in [-0.2, 0) is 4.79 Å². The molecular formula is C41H45ClFN9O4. The van der Waals surface area contributed by atoms with Gasteiger partial charge in [0.25, 0.3) is 5.91 Å². The van der Waals surface area contributed by atoms with E-state index in [2.05, 4.69) is 36.7 Å². The number of fused-ring (bicyclic) bond motifs is 1. The Morgan fingerprint density at radius 3 is 2.52 bits per heavy atom. The molecule has 0 spiro atoms. The van der Waals surface area contributed by atoms with Gasteiger partial charge in [0.1, 0.15) is 18.0 Å². The molecule has 4 fully saturated rings. The molecule has 4 aliphatic rings. The van der Waals surface area contributed by atoms with Crippen molar-refractivity contribution in [1.82, 2.24) is 30.3 Å². The number of nitrogens with one attached hydrogen (secondary N) is 2. The van der Waals surface area contributed by atoms with Crippen molar-refractivity contribution < 1.29 is 23.5 Å². The number of hydrogen-bond donors (Lipinski definition) is 2. The first kappa shape index (κ1) is 37.7. The van der Waals surface area contributed by atoms with Gasteiger partial charge < -0.3 is 24.4 Å². The topological polar surface area (TPSA) is 149 Å². The Bertz CT molecular complexity index is 2130. The molecule has 1 saturated carbocycles. The van der Waals surface area contributed by atoms with Crippen LogP contribution in [0.3, 0.4) is 0 Å². The first-order valence-electron chi connectivity index (χ1n) is 19.6. The smallest absolute Gasteiger partial charge is 0.328 e. The molecule has 2 atom stereocenters. The maximum atomic E-state index is 15.9. The minimum Gasteiger partial charge on any atom is -0.490 e. The largest absolute Gasteiger partial charge is 0.490 e. The summed E-state index contributed by atoms with van der Waals surface area (Å²) < 4.78 is 24.0. The fourth-order valence-electron chi connectivity index (χ4n) is 8.69. The van der Waals surface area contributed by atoms with Crippen LogP contribution in [0.2, 0.25) is 5.02 Å². The number of rotatable bonds is 9. The summed E-state index contributed by atoms with van der Waals surface area (Å²) in [5.41, 5.74) is 2.31. The van der Waals surface area contributed by atoms with E-state index in [0.717, 1.165) is 87.1 Å². The maximum absolute atomic E-state index is 15.9. The third kappa shape index (κ3) is 8.15. The van der Waals surface area contributed by atoms with Gasteiger partial charge in [-0.05, 0) is 93.3 Å². The number of urea groups is 1. The van der Waals surface area contributed by atoms with Gasteiger partial charge in [0, 0.05) is 69.4 Å². The van der Waals surface area contributed by atoms with Crippen molar-refractivity contribution in [3.63, 3.8) is 0 Å². The zero-order chi connectivity index (χ0) is 38.8. The molecular weight excluding hydrogens is 737 g/mol. The fraction of sp³-hybridized carbons (Fsp3) is 0.463. The monoisotopic (exact) mass is 781 g/mol. The average Bonchev–Trinajstić information content (AvgIpc) is 3.64. The van der Waals surface area contributed by atoms with Crippen molar-refractivity contribution in [2.75, 3.05) is 49.1 Å². The zero-order valence-electron chi connectivity index (χ0n) is 31.1. The van der Waals surface area contributed by atoms with E-state index in [4.69, 9.17) is 21.6 Å². The number of anilines is 2. The highest BCUT2D eigenvalue weighted by atomic mass is 35.5. The number of nitriles is 1. The Kier molecular flexibility index (Phi) is 11.1. The molecule has 5 heterocycles. The van der Waals surface area contributed by atoms with Crippen LogP contribution in [0.25, 0.3) is 10.9 Å². The lowest BCUT2D eigenvalue weighted by molar-refractivity contribution is -0.120. The predicted octanol–water partition coefficient (Wildman–Crippen LogP) is 6.02. The van der Waals surface area contributed by atoms with Crippen LogP contribution in [0, 0.1) is 17.2 Å². The van der Waals surface area contributed by atoms with Gasteiger partial charge in [0.05, 0.1) is 33.9 Å². The number of nitrogens with zero attached hydrogens (tertiary/aromatic N) is 7. The number of amides is 4. The van der Waals surface area contributed by atoms with Gasteiger partial charge in [-0.1, -0.05) is 17.7 Å². The van der Waals surface area contributed by atoms with Crippen molar-refractivity contribution >= 4 is 51.9 Å². The second-order valence-electron chi connectivity index (χ2n) is 15.3. The number of piperidine rings is 2. The third-order valence-corrected chi connectivity index (χ3v) is 12.1. The number of carbonyl (C=O) groups excluding carboxylic acids is 3. The van der Waals surface area contributed by atoms with Crippen LogP contribution in [0.4, 0.5) is 20.7 Å². The van der Waals surface area contributed by atoms with Crippen molar-refractivity contribution in [2.24, 2.45) is 5.92 Å². The lowest BCUT2D eigenvalue weighted by atomic mass is 9.92. The van der Waals surface area contributed by atoms with Crippen LogP contribution >= 0.6 is 11.6 Å². The maximum Gasteiger partial charge on any atom is 0.328 e. The number of alkyl halides is 1. The normalized spacial score (nSPS) is 23.8. The number of carbonyl (C=O) groups is 3. The molecule has 1 aliphatic carbocycles. The van der Waals surface area contributed by atoms with Crippen molar-refractivity contribution in [2.45, 2.75) is 75.7 Å². The number of aromatic nitrogens is 3.